The summed E-state index contributed by atoms with van der Waals surface area (Å²) in [4.78, 5) is 0. The summed E-state index contributed by atoms with van der Waals surface area (Å²) in [5.74, 6) is 5.07. The van der Waals surface area contributed by atoms with Crippen molar-refractivity contribution in [2.75, 3.05) is 6.26 Å². The second-order valence-corrected chi connectivity index (χ2v) is 8.39. The van der Waals surface area contributed by atoms with Gasteiger partial charge in [-0.15, -0.1) is 12.3 Å². The van der Waals surface area contributed by atoms with Gasteiger partial charge in [-0.25, -0.2) is 0 Å². The fourth-order valence-corrected chi connectivity index (χ4v) is 3.23. The molecular weight excluding hydrogens is 272 g/mol. The standard InChI is InChI=1S/C20H38S/c1-7-17(2)11-8-12-18(3)13-9-14-19(4)15-10-16-20(5)21-6/h1,17-20H,8-16H2,2-6H3. The molecule has 0 aromatic heterocycles. The Kier molecular flexibility index (Phi) is 13.5. The lowest BCUT2D eigenvalue weighted by atomic mass is 9.92. The molecule has 0 aliphatic carbocycles. The third kappa shape index (κ3) is 13.3. The van der Waals surface area contributed by atoms with Crippen molar-refractivity contribution in [3.8, 4) is 12.3 Å². The van der Waals surface area contributed by atoms with E-state index in [0.717, 1.165) is 17.1 Å². The summed E-state index contributed by atoms with van der Waals surface area (Å²) < 4.78 is 0. The maximum Gasteiger partial charge on any atom is 0.0171 e. The topological polar surface area (TPSA) is 0 Å². The first-order valence-corrected chi connectivity index (χ1v) is 10.3. The van der Waals surface area contributed by atoms with E-state index in [0.29, 0.717) is 5.92 Å². The van der Waals surface area contributed by atoms with Crippen LogP contribution in [0.2, 0.25) is 0 Å². The molecule has 0 saturated heterocycles. The van der Waals surface area contributed by atoms with Crippen LogP contribution in [-0.2, 0) is 0 Å². The summed E-state index contributed by atoms with van der Waals surface area (Å²) in [7, 11) is 0. The molecule has 0 nitrogen and oxygen atoms in total. The van der Waals surface area contributed by atoms with Crippen LogP contribution in [0.4, 0.5) is 0 Å². The molecular formula is C20H38S. The van der Waals surface area contributed by atoms with Crippen molar-refractivity contribution < 1.29 is 0 Å². The molecule has 1 heteroatoms. The highest BCUT2D eigenvalue weighted by Crippen LogP contribution is 2.22. The Morgan fingerprint density at radius 3 is 1.62 bits per heavy atom. The molecule has 0 spiro atoms. The lowest BCUT2D eigenvalue weighted by Gasteiger charge is -2.15. The van der Waals surface area contributed by atoms with Gasteiger partial charge < -0.3 is 0 Å². The van der Waals surface area contributed by atoms with E-state index in [1.165, 1.54) is 57.8 Å². The Morgan fingerprint density at radius 1 is 0.762 bits per heavy atom. The van der Waals surface area contributed by atoms with Crippen molar-refractivity contribution >= 4 is 11.8 Å². The van der Waals surface area contributed by atoms with Crippen molar-refractivity contribution in [3.05, 3.63) is 0 Å². The van der Waals surface area contributed by atoms with E-state index in [1.807, 2.05) is 11.8 Å². The van der Waals surface area contributed by atoms with Gasteiger partial charge >= 0.3 is 0 Å². The molecule has 0 heterocycles. The molecule has 21 heavy (non-hydrogen) atoms. The fraction of sp³-hybridized carbons (Fsp3) is 0.900. The minimum Gasteiger partial charge on any atom is -0.162 e. The normalized spacial score (nSPS) is 17.0. The summed E-state index contributed by atoms with van der Waals surface area (Å²) in [6.07, 6.45) is 19.9. The molecule has 0 aromatic carbocycles. The average Bonchev–Trinajstić information content (AvgIpc) is 2.46. The summed E-state index contributed by atoms with van der Waals surface area (Å²) in [5, 5.41) is 0.836. The van der Waals surface area contributed by atoms with Gasteiger partial charge in [-0.05, 0) is 30.9 Å². The molecule has 0 N–H and O–H groups in total. The molecule has 0 aliphatic rings. The van der Waals surface area contributed by atoms with E-state index in [4.69, 9.17) is 6.42 Å². The lowest BCUT2D eigenvalue weighted by molar-refractivity contribution is 0.391. The zero-order valence-corrected chi connectivity index (χ0v) is 16.0. The van der Waals surface area contributed by atoms with Crippen molar-refractivity contribution in [2.24, 2.45) is 17.8 Å². The predicted octanol–water partition coefficient (Wildman–Crippen LogP) is 6.79. The third-order valence-electron chi connectivity index (χ3n) is 4.72. The van der Waals surface area contributed by atoms with Crippen LogP contribution in [-0.4, -0.2) is 11.5 Å². The molecule has 0 rings (SSSR count). The zero-order chi connectivity index (χ0) is 16.1. The SMILES string of the molecule is C#CC(C)CCCC(C)CCCC(C)CCCC(C)SC. The van der Waals surface area contributed by atoms with Crippen LogP contribution in [0.5, 0.6) is 0 Å². The number of terminal acetylenes is 1. The maximum atomic E-state index is 5.42. The Morgan fingerprint density at radius 2 is 1.19 bits per heavy atom. The largest absolute Gasteiger partial charge is 0.162 e. The monoisotopic (exact) mass is 310 g/mol. The Balaban J connectivity index is 3.49. The van der Waals surface area contributed by atoms with Crippen LogP contribution < -0.4 is 0 Å². The van der Waals surface area contributed by atoms with Crippen LogP contribution in [0.15, 0.2) is 0 Å². The van der Waals surface area contributed by atoms with Crippen LogP contribution in [0.25, 0.3) is 0 Å². The number of thioether (sulfide) groups is 1. The van der Waals surface area contributed by atoms with E-state index < -0.39 is 0 Å². The second-order valence-electron chi connectivity index (χ2n) is 7.12. The van der Waals surface area contributed by atoms with Gasteiger partial charge in [-0.1, -0.05) is 72.6 Å². The van der Waals surface area contributed by atoms with E-state index in [1.54, 1.807) is 0 Å². The minimum atomic E-state index is 0.459. The van der Waals surface area contributed by atoms with Gasteiger partial charge in [0.2, 0.25) is 0 Å². The van der Waals surface area contributed by atoms with E-state index in [9.17, 15) is 0 Å². The zero-order valence-electron chi connectivity index (χ0n) is 15.2. The first kappa shape index (κ1) is 20.9. The number of rotatable bonds is 13. The smallest absolute Gasteiger partial charge is 0.0171 e. The number of hydrogen-bond donors (Lipinski definition) is 0. The highest BCUT2D eigenvalue weighted by Gasteiger charge is 2.07. The summed E-state index contributed by atoms with van der Waals surface area (Å²) >= 11 is 2.00. The highest BCUT2D eigenvalue weighted by molar-refractivity contribution is 7.99. The lowest BCUT2D eigenvalue weighted by Crippen LogP contribution is -2.01. The molecule has 0 saturated carbocycles. The van der Waals surface area contributed by atoms with Gasteiger partial charge in [0.25, 0.3) is 0 Å². The van der Waals surface area contributed by atoms with Gasteiger partial charge in [0.1, 0.15) is 0 Å². The average molecular weight is 311 g/mol. The van der Waals surface area contributed by atoms with Gasteiger partial charge in [0.05, 0.1) is 0 Å². The Hall–Kier alpha value is -0.0900. The minimum absolute atomic E-state index is 0.459. The van der Waals surface area contributed by atoms with Crippen LogP contribution in [0.3, 0.4) is 0 Å². The van der Waals surface area contributed by atoms with Crippen molar-refractivity contribution in [1.82, 2.24) is 0 Å². The molecule has 0 aliphatic heterocycles. The van der Waals surface area contributed by atoms with Crippen LogP contribution in [0, 0.1) is 30.1 Å². The van der Waals surface area contributed by atoms with Gasteiger partial charge in [-0.2, -0.15) is 11.8 Å². The third-order valence-corrected chi connectivity index (χ3v) is 5.76. The van der Waals surface area contributed by atoms with Crippen LogP contribution in [0.1, 0.15) is 85.5 Å². The summed E-state index contributed by atoms with van der Waals surface area (Å²) in [5.41, 5.74) is 0. The molecule has 4 atom stereocenters. The first-order chi connectivity index (χ1) is 9.99. The van der Waals surface area contributed by atoms with Crippen molar-refractivity contribution in [3.63, 3.8) is 0 Å². The fourth-order valence-electron chi connectivity index (χ4n) is 2.83. The van der Waals surface area contributed by atoms with Gasteiger partial charge in [0.15, 0.2) is 0 Å². The van der Waals surface area contributed by atoms with Crippen LogP contribution >= 0.6 is 11.8 Å². The number of hydrogen-bond acceptors (Lipinski definition) is 1. The second kappa shape index (κ2) is 13.6. The summed E-state index contributed by atoms with van der Waals surface area (Å²) in [6.45, 7) is 9.34. The van der Waals surface area contributed by atoms with Gasteiger partial charge in [0, 0.05) is 11.2 Å². The molecule has 0 aromatic rings. The molecule has 0 fully saturated rings. The quantitative estimate of drug-likeness (QED) is 0.337. The van der Waals surface area contributed by atoms with E-state index in [-0.39, 0.29) is 0 Å². The molecule has 0 bridgehead atoms. The molecule has 4 unspecified atom stereocenters. The maximum absolute atomic E-state index is 5.42. The van der Waals surface area contributed by atoms with Gasteiger partial charge in [-0.3, -0.25) is 0 Å². The van der Waals surface area contributed by atoms with E-state index in [2.05, 4.69) is 39.9 Å². The molecule has 0 amide bonds. The van der Waals surface area contributed by atoms with Crippen molar-refractivity contribution in [1.29, 1.82) is 0 Å². The highest BCUT2D eigenvalue weighted by atomic mass is 32.2. The van der Waals surface area contributed by atoms with E-state index >= 15 is 0 Å². The Bertz CT molecular complexity index is 266. The Labute approximate surface area is 139 Å². The summed E-state index contributed by atoms with van der Waals surface area (Å²) in [6, 6.07) is 0. The van der Waals surface area contributed by atoms with Crippen molar-refractivity contribution in [2.45, 2.75) is 90.7 Å². The molecule has 0 radical (unpaired) electrons. The predicted molar refractivity (Wildman–Crippen MR) is 101 cm³/mol. The molecule has 124 valence electrons. The first-order valence-electron chi connectivity index (χ1n) is 8.98.